The zero-order valence-electron chi connectivity index (χ0n) is 23.6. The minimum atomic E-state index is -4.05. The highest BCUT2D eigenvalue weighted by Gasteiger charge is 2.22. The van der Waals surface area contributed by atoms with Crippen LogP contribution in [0.1, 0.15) is 32.6 Å². The minimum absolute atomic E-state index is 0.0435. The van der Waals surface area contributed by atoms with Gasteiger partial charge in [-0.2, -0.15) is 0 Å². The van der Waals surface area contributed by atoms with Gasteiger partial charge >= 0.3 is 6.03 Å². The van der Waals surface area contributed by atoms with Gasteiger partial charge in [-0.25, -0.2) is 17.9 Å². The zero-order valence-corrected chi connectivity index (χ0v) is 25.2. The van der Waals surface area contributed by atoms with Crippen molar-refractivity contribution in [1.29, 1.82) is 0 Å². The first-order chi connectivity index (χ1) is 19.4. The van der Waals surface area contributed by atoms with Crippen LogP contribution in [0.2, 0.25) is 5.15 Å². The predicted octanol–water partition coefficient (Wildman–Crippen LogP) is 4.67. The topological polar surface area (TPSA) is 110 Å². The van der Waals surface area contributed by atoms with Gasteiger partial charge in [0, 0.05) is 56.1 Å². The van der Waals surface area contributed by atoms with E-state index in [1.54, 1.807) is 51.4 Å². The van der Waals surface area contributed by atoms with Gasteiger partial charge in [0.15, 0.2) is 0 Å². The van der Waals surface area contributed by atoms with E-state index in [2.05, 4.69) is 16.1 Å². The molecule has 2 N–H and O–H groups in total. The second kappa shape index (κ2) is 12.2. The van der Waals surface area contributed by atoms with Crippen LogP contribution < -0.4 is 14.8 Å². The molecule has 1 aromatic heterocycles. The fourth-order valence-corrected chi connectivity index (χ4v) is 6.13. The summed E-state index contributed by atoms with van der Waals surface area (Å²) in [6.45, 7) is 2.16. The van der Waals surface area contributed by atoms with Crippen molar-refractivity contribution >= 4 is 44.5 Å². The number of nitrogens with zero attached hydrogens (tertiary/aromatic N) is 2. The van der Waals surface area contributed by atoms with Crippen LogP contribution in [-0.2, 0) is 29.9 Å². The number of aryl methyl sites for hydroxylation is 2. The molecule has 0 aliphatic rings. The summed E-state index contributed by atoms with van der Waals surface area (Å²) in [5.74, 6) is -0.325. The number of hydrogen-bond donors (Lipinski definition) is 2. The fourth-order valence-electron chi connectivity index (χ4n) is 4.65. The lowest BCUT2D eigenvalue weighted by molar-refractivity contribution is 0.0981. The Morgan fingerprint density at radius 3 is 2.46 bits per heavy atom. The summed E-state index contributed by atoms with van der Waals surface area (Å²) in [6, 6.07) is 17.2. The molecule has 0 unspecified atom stereocenters. The number of benzene rings is 3. The number of ether oxygens (including phenoxy) is 1. The van der Waals surface area contributed by atoms with Gasteiger partial charge in [-0.15, -0.1) is 0 Å². The van der Waals surface area contributed by atoms with E-state index in [1.807, 2.05) is 23.7 Å². The van der Waals surface area contributed by atoms with Gasteiger partial charge in [-0.05, 0) is 60.4 Å². The number of carbonyl (C=O) groups is 2. The Labute approximate surface area is 245 Å². The Bertz CT molecular complexity index is 1730. The van der Waals surface area contributed by atoms with E-state index >= 15 is 0 Å². The standard InChI is InChI=1S/C30H33ClN4O5S/c1-19-8-6-7-9-27(19)41(38,39)33-29(36)22-12-11-21(26(18-22)40-5)17-24-23-16-20(14-15-32-30(37)34(2)3)10-13-25(23)35(4)28(24)31/h6-13,16,18H,14-15,17H2,1-5H3,(H,32,37)(H,33,36). The summed E-state index contributed by atoms with van der Waals surface area (Å²) in [7, 11) is 2.73. The number of fused-ring (bicyclic) bond motifs is 1. The Morgan fingerprint density at radius 2 is 1.78 bits per heavy atom. The lowest BCUT2D eigenvalue weighted by atomic mass is 10.00. The van der Waals surface area contributed by atoms with Gasteiger partial charge in [0.1, 0.15) is 10.9 Å². The first kappa shape index (κ1) is 30.0. The van der Waals surface area contributed by atoms with E-state index in [0.717, 1.165) is 27.6 Å². The highest BCUT2D eigenvalue weighted by Crippen LogP contribution is 2.34. The normalized spacial score (nSPS) is 11.4. The van der Waals surface area contributed by atoms with Crippen molar-refractivity contribution in [3.63, 3.8) is 0 Å². The number of aromatic nitrogens is 1. The van der Waals surface area contributed by atoms with Crippen LogP contribution in [0.4, 0.5) is 4.79 Å². The smallest absolute Gasteiger partial charge is 0.316 e. The van der Waals surface area contributed by atoms with Gasteiger partial charge in [0.2, 0.25) is 0 Å². The van der Waals surface area contributed by atoms with Crippen LogP contribution >= 0.6 is 11.6 Å². The van der Waals surface area contributed by atoms with Gasteiger partial charge in [0.05, 0.1) is 12.0 Å². The Morgan fingerprint density at radius 1 is 1.05 bits per heavy atom. The molecule has 9 nitrogen and oxygen atoms in total. The highest BCUT2D eigenvalue weighted by molar-refractivity contribution is 7.90. The largest absolute Gasteiger partial charge is 0.496 e. The minimum Gasteiger partial charge on any atom is -0.496 e. The number of halogens is 1. The lowest BCUT2D eigenvalue weighted by Crippen LogP contribution is -2.35. The van der Waals surface area contributed by atoms with Crippen LogP contribution in [0.5, 0.6) is 5.75 Å². The molecule has 1 heterocycles. The molecular weight excluding hydrogens is 564 g/mol. The van der Waals surface area contributed by atoms with Crippen LogP contribution in [-0.4, -0.2) is 57.6 Å². The number of amides is 3. The number of hydrogen-bond acceptors (Lipinski definition) is 5. The SMILES string of the molecule is COc1cc(C(=O)NS(=O)(=O)c2ccccc2C)ccc1Cc1c(Cl)n(C)c2ccc(CCNC(=O)N(C)C)cc12. The summed E-state index contributed by atoms with van der Waals surface area (Å²) in [6.07, 6.45) is 1.07. The first-order valence-corrected chi connectivity index (χ1v) is 14.8. The van der Waals surface area contributed by atoms with E-state index in [-0.39, 0.29) is 16.5 Å². The summed E-state index contributed by atoms with van der Waals surface area (Å²) in [4.78, 5) is 26.3. The monoisotopic (exact) mass is 596 g/mol. The Kier molecular flexibility index (Phi) is 8.94. The van der Waals surface area contributed by atoms with Crippen molar-refractivity contribution in [3.8, 4) is 5.75 Å². The summed E-state index contributed by atoms with van der Waals surface area (Å²) >= 11 is 6.77. The van der Waals surface area contributed by atoms with Gasteiger partial charge in [0.25, 0.3) is 15.9 Å². The molecule has 0 bridgehead atoms. The summed E-state index contributed by atoms with van der Waals surface area (Å²) in [5.41, 5.74) is 4.37. The van der Waals surface area contributed by atoms with Crippen molar-refractivity contribution in [2.75, 3.05) is 27.7 Å². The fraction of sp³-hybridized carbons (Fsp3) is 0.267. The predicted molar refractivity (Wildman–Crippen MR) is 160 cm³/mol. The highest BCUT2D eigenvalue weighted by atomic mass is 35.5. The third kappa shape index (κ3) is 6.49. The number of carbonyl (C=O) groups excluding carboxylic acids is 2. The molecule has 4 aromatic rings. The molecule has 0 spiro atoms. The molecule has 216 valence electrons. The van der Waals surface area contributed by atoms with E-state index in [0.29, 0.717) is 35.9 Å². The molecular formula is C30H33ClN4O5S. The molecule has 0 aliphatic heterocycles. The van der Waals surface area contributed by atoms with Gasteiger partial charge in [-0.3, -0.25) is 4.79 Å². The van der Waals surface area contributed by atoms with E-state index in [1.165, 1.54) is 24.1 Å². The maximum Gasteiger partial charge on any atom is 0.316 e. The maximum atomic E-state index is 12.9. The average Bonchev–Trinajstić information content (AvgIpc) is 3.17. The second-order valence-corrected chi connectivity index (χ2v) is 12.0. The molecule has 0 saturated heterocycles. The summed E-state index contributed by atoms with van der Waals surface area (Å²) < 4.78 is 35.3. The van der Waals surface area contributed by atoms with E-state index in [9.17, 15) is 18.0 Å². The zero-order chi connectivity index (χ0) is 29.9. The maximum absolute atomic E-state index is 12.9. The van der Waals surface area contributed by atoms with Gasteiger partial charge in [-0.1, -0.05) is 41.9 Å². The molecule has 11 heteroatoms. The second-order valence-electron chi connectivity index (χ2n) is 9.96. The number of urea groups is 1. The van der Waals surface area contributed by atoms with Gasteiger partial charge < -0.3 is 19.5 Å². The first-order valence-electron chi connectivity index (χ1n) is 12.9. The van der Waals surface area contributed by atoms with Crippen molar-refractivity contribution in [1.82, 2.24) is 19.5 Å². The van der Waals surface area contributed by atoms with Crippen molar-refractivity contribution < 1.29 is 22.7 Å². The molecule has 0 aliphatic carbocycles. The molecule has 41 heavy (non-hydrogen) atoms. The third-order valence-electron chi connectivity index (χ3n) is 6.91. The number of sulfonamides is 1. The van der Waals surface area contributed by atoms with Crippen LogP contribution in [0.25, 0.3) is 10.9 Å². The van der Waals surface area contributed by atoms with Crippen LogP contribution in [0.15, 0.2) is 65.6 Å². The number of nitrogens with one attached hydrogen (secondary N) is 2. The van der Waals surface area contributed by atoms with Crippen molar-refractivity contribution in [3.05, 3.63) is 93.6 Å². The molecule has 0 radical (unpaired) electrons. The molecule has 4 rings (SSSR count). The Balaban J connectivity index is 1.58. The van der Waals surface area contributed by atoms with E-state index in [4.69, 9.17) is 16.3 Å². The summed E-state index contributed by atoms with van der Waals surface area (Å²) in [5, 5.41) is 4.42. The lowest BCUT2D eigenvalue weighted by Gasteiger charge is -2.13. The molecule has 0 saturated carbocycles. The quantitative estimate of drug-likeness (QED) is 0.292. The Hall–Kier alpha value is -4.02. The molecule has 3 amide bonds. The molecule has 0 fully saturated rings. The van der Waals surface area contributed by atoms with Crippen LogP contribution in [0.3, 0.4) is 0 Å². The number of rotatable bonds is 9. The molecule has 3 aromatic carbocycles. The van der Waals surface area contributed by atoms with Crippen molar-refractivity contribution in [2.24, 2.45) is 7.05 Å². The van der Waals surface area contributed by atoms with E-state index < -0.39 is 15.9 Å². The van der Waals surface area contributed by atoms with Crippen LogP contribution in [0, 0.1) is 6.92 Å². The molecule has 0 atom stereocenters. The van der Waals surface area contributed by atoms with Crippen molar-refractivity contribution in [2.45, 2.75) is 24.7 Å². The number of methoxy groups -OCH3 is 1. The third-order valence-corrected chi connectivity index (χ3v) is 8.89. The average molecular weight is 597 g/mol.